The van der Waals surface area contributed by atoms with Crippen molar-refractivity contribution in [2.75, 3.05) is 6.61 Å². The van der Waals surface area contributed by atoms with Gasteiger partial charge in [-0.3, -0.25) is 4.79 Å². The fourth-order valence-corrected chi connectivity index (χ4v) is 1.50. The van der Waals surface area contributed by atoms with Crippen LogP contribution in [0.4, 0.5) is 0 Å². The van der Waals surface area contributed by atoms with Crippen molar-refractivity contribution in [3.05, 3.63) is 29.8 Å². The Labute approximate surface area is 108 Å². The van der Waals surface area contributed by atoms with Crippen LogP contribution in [0.25, 0.3) is 0 Å². The summed E-state index contributed by atoms with van der Waals surface area (Å²) in [6.45, 7) is 5.78. The number of hydrogen-bond donors (Lipinski definition) is 2. The molecule has 4 nitrogen and oxygen atoms in total. The van der Waals surface area contributed by atoms with Crippen molar-refractivity contribution in [2.24, 2.45) is 0 Å². The highest BCUT2D eigenvalue weighted by Gasteiger charge is 2.11. The molecule has 0 heterocycles. The molecule has 0 saturated carbocycles. The van der Waals surface area contributed by atoms with Crippen LogP contribution in [0.3, 0.4) is 0 Å². The van der Waals surface area contributed by atoms with Crippen molar-refractivity contribution in [3.63, 3.8) is 0 Å². The van der Waals surface area contributed by atoms with Gasteiger partial charge in [-0.05, 0) is 44.5 Å². The minimum atomic E-state index is -0.191. The first-order valence-corrected chi connectivity index (χ1v) is 6.25. The molecular formula is C14H21NO3. The highest BCUT2D eigenvalue weighted by molar-refractivity contribution is 5.94. The molecule has 1 amide bonds. The molecule has 0 aliphatic rings. The molecule has 0 fully saturated rings. The Balaban J connectivity index is 2.64. The Morgan fingerprint density at radius 3 is 2.39 bits per heavy atom. The van der Waals surface area contributed by atoms with Crippen molar-refractivity contribution in [3.8, 4) is 5.75 Å². The first kappa shape index (κ1) is 14.5. The zero-order chi connectivity index (χ0) is 13.5. The van der Waals surface area contributed by atoms with Crippen LogP contribution in [-0.2, 0) is 0 Å². The summed E-state index contributed by atoms with van der Waals surface area (Å²) in [6.07, 6.45) is 0.820. The van der Waals surface area contributed by atoms with Gasteiger partial charge in [0.15, 0.2) is 0 Å². The van der Waals surface area contributed by atoms with Gasteiger partial charge in [-0.25, -0.2) is 0 Å². The molecule has 2 N–H and O–H groups in total. The number of hydrogen-bond acceptors (Lipinski definition) is 3. The summed E-state index contributed by atoms with van der Waals surface area (Å²) in [6, 6.07) is 6.79. The average Bonchev–Trinajstić information content (AvgIpc) is 2.35. The Kier molecular flexibility index (Phi) is 5.65. The molecule has 0 radical (unpaired) electrons. The number of rotatable bonds is 6. The second-order valence-electron chi connectivity index (χ2n) is 4.45. The average molecular weight is 251 g/mol. The number of ether oxygens (including phenoxy) is 1. The molecule has 0 unspecified atom stereocenters. The maximum absolute atomic E-state index is 11.8. The van der Waals surface area contributed by atoms with E-state index in [1.165, 1.54) is 0 Å². The summed E-state index contributed by atoms with van der Waals surface area (Å²) >= 11 is 0. The highest BCUT2D eigenvalue weighted by atomic mass is 16.5. The zero-order valence-electron chi connectivity index (χ0n) is 11.1. The van der Waals surface area contributed by atoms with E-state index in [9.17, 15) is 4.79 Å². The molecule has 4 heteroatoms. The summed E-state index contributed by atoms with van der Waals surface area (Å²) in [5.41, 5.74) is 0.568. The molecule has 1 aromatic rings. The number of carbonyl (C=O) groups is 1. The Bertz CT molecular complexity index is 369. The molecule has 0 saturated heterocycles. The number of nitrogens with one attached hydrogen (secondary N) is 1. The topological polar surface area (TPSA) is 58.6 Å². The summed E-state index contributed by atoms with van der Waals surface area (Å²) in [5.74, 6) is 0.572. The lowest BCUT2D eigenvalue weighted by Crippen LogP contribution is -2.36. The smallest absolute Gasteiger partial charge is 0.251 e. The lowest BCUT2D eigenvalue weighted by molar-refractivity contribution is 0.0915. The van der Waals surface area contributed by atoms with Gasteiger partial charge in [0.05, 0.1) is 18.8 Å². The largest absolute Gasteiger partial charge is 0.491 e. The van der Waals surface area contributed by atoms with Crippen LogP contribution in [0.1, 0.15) is 37.6 Å². The lowest BCUT2D eigenvalue weighted by Gasteiger charge is -2.14. The lowest BCUT2D eigenvalue weighted by atomic mass is 10.1. The normalized spacial score (nSPS) is 12.3. The summed E-state index contributed by atoms with van der Waals surface area (Å²) in [5, 5.41) is 11.8. The number of aliphatic hydroxyl groups excluding tert-OH is 1. The molecule has 1 rings (SSSR count). The first-order valence-electron chi connectivity index (χ1n) is 6.25. The van der Waals surface area contributed by atoms with E-state index in [0.29, 0.717) is 12.0 Å². The number of benzene rings is 1. The molecule has 0 aliphatic carbocycles. The van der Waals surface area contributed by atoms with Gasteiger partial charge in [-0.1, -0.05) is 6.92 Å². The maximum atomic E-state index is 11.8. The van der Waals surface area contributed by atoms with E-state index in [-0.39, 0.29) is 24.7 Å². The molecule has 0 aromatic heterocycles. The van der Waals surface area contributed by atoms with E-state index in [2.05, 4.69) is 5.32 Å². The molecular weight excluding hydrogens is 230 g/mol. The molecule has 0 bridgehead atoms. The number of aliphatic hydroxyl groups is 1. The van der Waals surface area contributed by atoms with Gasteiger partial charge >= 0.3 is 0 Å². The molecule has 0 aliphatic heterocycles. The van der Waals surface area contributed by atoms with Crippen LogP contribution in [-0.4, -0.2) is 29.8 Å². The number of amides is 1. The highest BCUT2D eigenvalue weighted by Crippen LogP contribution is 2.13. The van der Waals surface area contributed by atoms with Crippen LogP contribution >= 0.6 is 0 Å². The predicted molar refractivity (Wildman–Crippen MR) is 70.8 cm³/mol. The molecule has 0 spiro atoms. The molecule has 100 valence electrons. The van der Waals surface area contributed by atoms with Crippen LogP contribution in [0.2, 0.25) is 0 Å². The molecule has 1 aromatic carbocycles. The van der Waals surface area contributed by atoms with Gasteiger partial charge in [-0.2, -0.15) is 0 Å². The predicted octanol–water partition coefficient (Wildman–Crippen LogP) is 1.97. The van der Waals surface area contributed by atoms with Gasteiger partial charge in [0, 0.05) is 5.56 Å². The van der Waals surface area contributed by atoms with Gasteiger partial charge in [-0.15, -0.1) is 0 Å². The van der Waals surface area contributed by atoms with E-state index in [1.54, 1.807) is 24.3 Å². The minimum Gasteiger partial charge on any atom is -0.491 e. The van der Waals surface area contributed by atoms with E-state index in [4.69, 9.17) is 9.84 Å². The summed E-state index contributed by atoms with van der Waals surface area (Å²) in [7, 11) is 0. The van der Waals surface area contributed by atoms with Crippen LogP contribution < -0.4 is 10.1 Å². The van der Waals surface area contributed by atoms with Crippen LogP contribution in [0, 0.1) is 0 Å². The van der Waals surface area contributed by atoms with Crippen molar-refractivity contribution in [1.82, 2.24) is 5.32 Å². The standard InChI is InChI=1S/C14H21NO3/c1-4-12(9-16)15-14(17)11-5-7-13(8-6-11)18-10(2)3/h5-8,10,12,16H,4,9H2,1-3H3,(H,15,17)/t12-/m1/s1. The second-order valence-corrected chi connectivity index (χ2v) is 4.45. The SMILES string of the molecule is CC[C@H](CO)NC(=O)c1ccc(OC(C)C)cc1. The monoisotopic (exact) mass is 251 g/mol. The Morgan fingerprint density at radius 1 is 1.33 bits per heavy atom. The Morgan fingerprint density at radius 2 is 1.94 bits per heavy atom. The molecule has 1 atom stereocenters. The van der Waals surface area contributed by atoms with E-state index >= 15 is 0 Å². The fraction of sp³-hybridized carbons (Fsp3) is 0.500. The third-order valence-electron chi connectivity index (χ3n) is 2.54. The Hall–Kier alpha value is -1.55. The van der Waals surface area contributed by atoms with E-state index < -0.39 is 0 Å². The minimum absolute atomic E-state index is 0.0449. The fourth-order valence-electron chi connectivity index (χ4n) is 1.50. The van der Waals surface area contributed by atoms with Crippen molar-refractivity contribution < 1.29 is 14.6 Å². The zero-order valence-corrected chi connectivity index (χ0v) is 11.1. The van der Waals surface area contributed by atoms with E-state index in [1.807, 2.05) is 20.8 Å². The first-order chi connectivity index (χ1) is 8.56. The van der Waals surface area contributed by atoms with Gasteiger partial charge in [0.25, 0.3) is 5.91 Å². The van der Waals surface area contributed by atoms with Crippen molar-refractivity contribution >= 4 is 5.91 Å². The van der Waals surface area contributed by atoms with E-state index in [0.717, 1.165) is 5.75 Å². The third-order valence-corrected chi connectivity index (χ3v) is 2.54. The summed E-state index contributed by atoms with van der Waals surface area (Å²) in [4.78, 5) is 11.8. The quantitative estimate of drug-likeness (QED) is 0.812. The van der Waals surface area contributed by atoms with Gasteiger partial charge in [0.1, 0.15) is 5.75 Å². The maximum Gasteiger partial charge on any atom is 0.251 e. The van der Waals surface area contributed by atoms with Crippen LogP contribution in [0.15, 0.2) is 24.3 Å². The third kappa shape index (κ3) is 4.37. The molecule has 18 heavy (non-hydrogen) atoms. The van der Waals surface area contributed by atoms with Crippen molar-refractivity contribution in [2.45, 2.75) is 39.3 Å². The van der Waals surface area contributed by atoms with Gasteiger partial charge < -0.3 is 15.2 Å². The second kappa shape index (κ2) is 7.01. The number of carbonyl (C=O) groups excluding carboxylic acids is 1. The summed E-state index contributed by atoms with van der Waals surface area (Å²) < 4.78 is 5.50. The van der Waals surface area contributed by atoms with Gasteiger partial charge in [0.2, 0.25) is 0 Å². The van der Waals surface area contributed by atoms with Crippen LogP contribution in [0.5, 0.6) is 5.75 Å². The van der Waals surface area contributed by atoms with Crippen molar-refractivity contribution in [1.29, 1.82) is 0 Å².